The van der Waals surface area contributed by atoms with Gasteiger partial charge in [0, 0.05) is 12.6 Å². The molecule has 2 aromatic rings. The van der Waals surface area contributed by atoms with Gasteiger partial charge in [-0.25, -0.2) is 0 Å². The maximum Gasteiger partial charge on any atom is 0.183 e. The number of aryl methyl sites for hydroxylation is 1. The summed E-state index contributed by atoms with van der Waals surface area (Å²) in [6.07, 6.45) is 1.68. The van der Waals surface area contributed by atoms with E-state index in [-0.39, 0.29) is 0 Å². The molecule has 2 rings (SSSR count). The van der Waals surface area contributed by atoms with Gasteiger partial charge in [-0.05, 0) is 18.6 Å². The first-order valence-electron chi connectivity index (χ1n) is 5.27. The van der Waals surface area contributed by atoms with E-state index in [0.29, 0.717) is 6.04 Å². The maximum atomic E-state index is 5.38. The molecule has 0 unspecified atom stereocenters. The molecule has 0 aliphatic rings. The summed E-state index contributed by atoms with van der Waals surface area (Å²) in [6.45, 7) is 6.98. The fourth-order valence-corrected chi connectivity index (χ4v) is 2.14. The predicted octanol–water partition coefficient (Wildman–Crippen LogP) is 2.60. The summed E-state index contributed by atoms with van der Waals surface area (Å²) in [5, 5.41) is 13.4. The molecule has 0 aliphatic heterocycles. The number of nitrogens with zero attached hydrogens (tertiary/aromatic N) is 2. The SMILES string of the molecule is Cc1ccoc1-c1nnc(CNC(C)C)s1. The first kappa shape index (κ1) is 11.3. The van der Waals surface area contributed by atoms with Gasteiger partial charge in [0.25, 0.3) is 0 Å². The van der Waals surface area contributed by atoms with Crippen molar-refractivity contribution in [2.24, 2.45) is 0 Å². The molecule has 0 radical (unpaired) electrons. The number of rotatable bonds is 4. The molecule has 0 spiro atoms. The van der Waals surface area contributed by atoms with Gasteiger partial charge in [0.15, 0.2) is 10.8 Å². The van der Waals surface area contributed by atoms with Crippen molar-refractivity contribution in [3.05, 3.63) is 22.9 Å². The Labute approximate surface area is 98.7 Å². The second-order valence-electron chi connectivity index (χ2n) is 3.97. The summed E-state index contributed by atoms with van der Waals surface area (Å²) in [4.78, 5) is 0. The predicted molar refractivity (Wildman–Crippen MR) is 64.3 cm³/mol. The molecule has 0 aliphatic carbocycles. The molecule has 0 aromatic carbocycles. The van der Waals surface area contributed by atoms with Gasteiger partial charge in [-0.15, -0.1) is 10.2 Å². The summed E-state index contributed by atoms with van der Waals surface area (Å²) < 4.78 is 5.38. The third kappa shape index (κ3) is 2.48. The minimum atomic E-state index is 0.456. The van der Waals surface area contributed by atoms with Crippen molar-refractivity contribution in [2.45, 2.75) is 33.4 Å². The monoisotopic (exact) mass is 237 g/mol. The van der Waals surface area contributed by atoms with Gasteiger partial charge in [-0.3, -0.25) is 0 Å². The topological polar surface area (TPSA) is 51.0 Å². The van der Waals surface area contributed by atoms with E-state index in [9.17, 15) is 0 Å². The molecule has 86 valence electrons. The van der Waals surface area contributed by atoms with E-state index >= 15 is 0 Å². The smallest absolute Gasteiger partial charge is 0.183 e. The summed E-state index contributed by atoms with van der Waals surface area (Å²) >= 11 is 1.57. The second kappa shape index (κ2) is 4.76. The molecule has 5 heteroatoms. The zero-order valence-electron chi connectivity index (χ0n) is 9.65. The quantitative estimate of drug-likeness (QED) is 0.888. The molecule has 0 atom stereocenters. The Morgan fingerprint density at radius 3 is 2.88 bits per heavy atom. The zero-order chi connectivity index (χ0) is 11.5. The van der Waals surface area contributed by atoms with Crippen molar-refractivity contribution in [3.8, 4) is 10.8 Å². The number of hydrogen-bond acceptors (Lipinski definition) is 5. The molecule has 0 fully saturated rings. The van der Waals surface area contributed by atoms with Crippen LogP contribution in [0, 0.1) is 6.92 Å². The van der Waals surface area contributed by atoms with E-state index in [1.54, 1.807) is 17.6 Å². The van der Waals surface area contributed by atoms with Crippen LogP contribution < -0.4 is 5.32 Å². The minimum Gasteiger partial charge on any atom is -0.461 e. The highest BCUT2D eigenvalue weighted by molar-refractivity contribution is 7.14. The molecule has 0 amide bonds. The van der Waals surface area contributed by atoms with Gasteiger partial charge >= 0.3 is 0 Å². The fraction of sp³-hybridized carbons (Fsp3) is 0.455. The van der Waals surface area contributed by atoms with Crippen LogP contribution in [-0.2, 0) is 6.54 Å². The van der Waals surface area contributed by atoms with E-state index < -0.39 is 0 Å². The zero-order valence-corrected chi connectivity index (χ0v) is 10.5. The van der Waals surface area contributed by atoms with Crippen molar-refractivity contribution in [2.75, 3.05) is 0 Å². The van der Waals surface area contributed by atoms with Gasteiger partial charge in [-0.1, -0.05) is 25.2 Å². The van der Waals surface area contributed by atoms with Crippen LogP contribution in [0.5, 0.6) is 0 Å². The van der Waals surface area contributed by atoms with Crippen molar-refractivity contribution in [1.82, 2.24) is 15.5 Å². The van der Waals surface area contributed by atoms with Gasteiger partial charge in [0.1, 0.15) is 5.01 Å². The Balaban J connectivity index is 2.11. The lowest BCUT2D eigenvalue weighted by Gasteiger charge is -2.03. The number of hydrogen-bond donors (Lipinski definition) is 1. The van der Waals surface area contributed by atoms with Crippen LogP contribution in [0.4, 0.5) is 0 Å². The fourth-order valence-electron chi connectivity index (χ4n) is 1.30. The standard InChI is InChI=1S/C11H15N3OS/c1-7(2)12-6-9-13-14-11(16-9)10-8(3)4-5-15-10/h4-5,7,12H,6H2,1-3H3. The van der Waals surface area contributed by atoms with Gasteiger partial charge < -0.3 is 9.73 Å². The molecule has 2 heterocycles. The van der Waals surface area contributed by atoms with E-state index in [1.807, 2.05) is 13.0 Å². The molecular formula is C11H15N3OS. The van der Waals surface area contributed by atoms with Gasteiger partial charge in [-0.2, -0.15) is 0 Å². The van der Waals surface area contributed by atoms with Crippen LogP contribution in [0.1, 0.15) is 24.4 Å². The molecule has 2 aromatic heterocycles. The van der Waals surface area contributed by atoms with Crippen molar-refractivity contribution >= 4 is 11.3 Å². The summed E-state index contributed by atoms with van der Waals surface area (Å²) in [5.74, 6) is 0.827. The first-order valence-corrected chi connectivity index (χ1v) is 6.08. The number of aromatic nitrogens is 2. The van der Waals surface area contributed by atoms with Gasteiger partial charge in [0.05, 0.1) is 6.26 Å². The summed E-state index contributed by atoms with van der Waals surface area (Å²) in [7, 11) is 0. The van der Waals surface area contributed by atoms with Crippen molar-refractivity contribution in [1.29, 1.82) is 0 Å². The number of nitrogens with one attached hydrogen (secondary N) is 1. The van der Waals surface area contributed by atoms with E-state index in [4.69, 9.17) is 4.42 Å². The molecule has 1 N–H and O–H groups in total. The minimum absolute atomic E-state index is 0.456. The number of furan rings is 1. The Morgan fingerprint density at radius 1 is 1.44 bits per heavy atom. The normalized spacial score (nSPS) is 11.2. The highest BCUT2D eigenvalue weighted by Gasteiger charge is 2.11. The van der Waals surface area contributed by atoms with Crippen LogP contribution in [0.3, 0.4) is 0 Å². The van der Waals surface area contributed by atoms with Crippen molar-refractivity contribution < 1.29 is 4.42 Å². The molecule has 0 saturated carbocycles. The highest BCUT2D eigenvalue weighted by atomic mass is 32.1. The largest absolute Gasteiger partial charge is 0.461 e. The summed E-state index contributed by atoms with van der Waals surface area (Å²) in [6, 6.07) is 2.39. The lowest BCUT2D eigenvalue weighted by molar-refractivity contribution is 0.578. The third-order valence-electron chi connectivity index (χ3n) is 2.18. The molecule has 0 saturated heterocycles. The summed E-state index contributed by atoms with van der Waals surface area (Å²) in [5.41, 5.74) is 1.10. The average Bonchev–Trinajstić information content (AvgIpc) is 2.83. The highest BCUT2D eigenvalue weighted by Crippen LogP contribution is 2.27. The van der Waals surface area contributed by atoms with Crippen LogP contribution in [0.25, 0.3) is 10.8 Å². The van der Waals surface area contributed by atoms with E-state index in [0.717, 1.165) is 27.9 Å². The molecule has 0 bridgehead atoms. The second-order valence-corrected chi connectivity index (χ2v) is 5.03. The Hall–Kier alpha value is -1.20. The lowest BCUT2D eigenvalue weighted by atomic mass is 10.3. The Kier molecular flexibility index (Phi) is 3.36. The van der Waals surface area contributed by atoms with Crippen LogP contribution >= 0.6 is 11.3 Å². The Morgan fingerprint density at radius 2 is 2.25 bits per heavy atom. The van der Waals surface area contributed by atoms with Crippen LogP contribution in [0.15, 0.2) is 16.7 Å². The lowest BCUT2D eigenvalue weighted by Crippen LogP contribution is -2.21. The Bertz CT molecular complexity index is 461. The van der Waals surface area contributed by atoms with Crippen LogP contribution in [0.2, 0.25) is 0 Å². The third-order valence-corrected chi connectivity index (χ3v) is 3.11. The molecule has 16 heavy (non-hydrogen) atoms. The van der Waals surface area contributed by atoms with Crippen molar-refractivity contribution in [3.63, 3.8) is 0 Å². The maximum absolute atomic E-state index is 5.38. The van der Waals surface area contributed by atoms with Crippen LogP contribution in [-0.4, -0.2) is 16.2 Å². The molecule has 4 nitrogen and oxygen atoms in total. The van der Waals surface area contributed by atoms with E-state index in [1.165, 1.54) is 0 Å². The van der Waals surface area contributed by atoms with Gasteiger partial charge in [0.2, 0.25) is 0 Å². The van der Waals surface area contributed by atoms with E-state index in [2.05, 4.69) is 29.4 Å². The average molecular weight is 237 g/mol. The first-order chi connectivity index (χ1) is 7.66. The molecular weight excluding hydrogens is 222 g/mol.